The Balaban J connectivity index is 1.68. The molecule has 1 saturated heterocycles. The fraction of sp³-hybridized carbons (Fsp3) is 0.412. The summed E-state index contributed by atoms with van der Waals surface area (Å²) in [5.41, 5.74) is 3.10. The number of aryl methyl sites for hydroxylation is 2. The van der Waals surface area contributed by atoms with Gasteiger partial charge in [-0.2, -0.15) is 5.10 Å². The Hall–Kier alpha value is -2.70. The first-order chi connectivity index (χ1) is 11.6. The van der Waals surface area contributed by atoms with Gasteiger partial charge in [-0.3, -0.25) is 9.48 Å². The molecule has 4 rings (SSSR count). The molecular weight excluding hydrogens is 304 g/mol. The zero-order valence-corrected chi connectivity index (χ0v) is 13.9. The van der Waals surface area contributed by atoms with E-state index in [9.17, 15) is 4.79 Å². The second-order valence-electron chi connectivity index (χ2n) is 6.35. The molecule has 4 heterocycles. The van der Waals surface area contributed by atoms with Crippen LogP contribution < -0.4 is 0 Å². The number of fused-ring (bicyclic) bond motifs is 1. The summed E-state index contributed by atoms with van der Waals surface area (Å²) < 4.78 is 3.62. The monoisotopic (exact) mass is 324 g/mol. The number of piperidine rings is 1. The van der Waals surface area contributed by atoms with E-state index in [4.69, 9.17) is 0 Å². The Bertz CT molecular complexity index is 896. The van der Waals surface area contributed by atoms with Gasteiger partial charge in [-0.05, 0) is 31.4 Å². The van der Waals surface area contributed by atoms with Crippen molar-refractivity contribution in [3.63, 3.8) is 0 Å². The van der Waals surface area contributed by atoms with Crippen molar-refractivity contribution in [2.45, 2.75) is 25.3 Å². The minimum Gasteiger partial charge on any atom is -0.330 e. The number of rotatable bonds is 2. The largest absolute Gasteiger partial charge is 0.330 e. The van der Waals surface area contributed by atoms with Crippen LogP contribution in [-0.4, -0.2) is 41.7 Å². The molecular formula is C17H20N6O. The lowest BCUT2D eigenvalue weighted by Gasteiger charge is -2.35. The highest BCUT2D eigenvalue weighted by Crippen LogP contribution is 2.31. The fourth-order valence-corrected chi connectivity index (χ4v) is 3.40. The quantitative estimate of drug-likeness (QED) is 0.723. The molecule has 1 unspecified atom stereocenters. The molecule has 3 aromatic heterocycles. The van der Waals surface area contributed by atoms with Gasteiger partial charge in [0.1, 0.15) is 11.2 Å². The molecule has 1 atom stereocenters. The number of pyridine rings is 1. The molecule has 7 heteroatoms. The average molecular weight is 324 g/mol. The maximum atomic E-state index is 13.1. The Morgan fingerprint density at radius 1 is 1.25 bits per heavy atom. The number of hydrogen-bond donors (Lipinski definition) is 0. The predicted molar refractivity (Wildman–Crippen MR) is 89.3 cm³/mol. The van der Waals surface area contributed by atoms with Crippen LogP contribution in [0.2, 0.25) is 0 Å². The summed E-state index contributed by atoms with van der Waals surface area (Å²) in [6.07, 6.45) is 8.67. The highest BCUT2D eigenvalue weighted by Gasteiger charge is 2.30. The molecule has 0 aliphatic carbocycles. The molecule has 124 valence electrons. The van der Waals surface area contributed by atoms with E-state index in [1.165, 1.54) is 0 Å². The maximum absolute atomic E-state index is 13.1. The highest BCUT2D eigenvalue weighted by atomic mass is 16.2. The summed E-state index contributed by atoms with van der Waals surface area (Å²) >= 11 is 0. The first-order valence-corrected chi connectivity index (χ1v) is 8.21. The first-order valence-electron chi connectivity index (χ1n) is 8.21. The Kier molecular flexibility index (Phi) is 3.55. The summed E-state index contributed by atoms with van der Waals surface area (Å²) in [6.45, 7) is 0.753. The van der Waals surface area contributed by atoms with Gasteiger partial charge in [-0.15, -0.1) is 0 Å². The molecule has 0 saturated carbocycles. The van der Waals surface area contributed by atoms with Crippen molar-refractivity contribution in [3.8, 4) is 0 Å². The van der Waals surface area contributed by atoms with Crippen molar-refractivity contribution in [3.05, 3.63) is 42.1 Å². The van der Waals surface area contributed by atoms with Crippen molar-refractivity contribution in [1.29, 1.82) is 0 Å². The minimum absolute atomic E-state index is 0.0216. The number of nitrogens with zero attached hydrogens (tertiary/aromatic N) is 6. The first kappa shape index (κ1) is 14.9. The third-order valence-corrected chi connectivity index (χ3v) is 4.65. The summed E-state index contributed by atoms with van der Waals surface area (Å²) in [5.74, 6) is -0.0216. The van der Waals surface area contributed by atoms with E-state index in [0.29, 0.717) is 5.69 Å². The molecule has 0 spiro atoms. The third-order valence-electron chi connectivity index (χ3n) is 4.65. The van der Waals surface area contributed by atoms with Gasteiger partial charge in [0.15, 0.2) is 5.65 Å². The molecule has 1 aliphatic rings. The fourth-order valence-electron chi connectivity index (χ4n) is 3.40. The summed E-state index contributed by atoms with van der Waals surface area (Å²) in [7, 11) is 3.78. The van der Waals surface area contributed by atoms with Gasteiger partial charge < -0.3 is 9.47 Å². The molecule has 7 nitrogen and oxygen atoms in total. The summed E-state index contributed by atoms with van der Waals surface area (Å²) in [5, 5.41) is 4.26. The van der Waals surface area contributed by atoms with Crippen LogP contribution in [0.15, 0.2) is 30.9 Å². The molecule has 1 amide bonds. The Morgan fingerprint density at radius 2 is 2.12 bits per heavy atom. The Morgan fingerprint density at radius 3 is 2.92 bits per heavy atom. The molecule has 0 bridgehead atoms. The van der Waals surface area contributed by atoms with Gasteiger partial charge in [0.05, 0.1) is 18.6 Å². The number of carbonyl (C=O) groups excluding carboxylic acids is 1. The summed E-state index contributed by atoms with van der Waals surface area (Å²) in [4.78, 5) is 23.8. The number of amides is 1. The molecule has 24 heavy (non-hydrogen) atoms. The van der Waals surface area contributed by atoms with E-state index in [1.54, 1.807) is 17.1 Å². The SMILES string of the molecule is Cn1cc(C2CCCCN2C(=O)c2ccc3ncn(C)c3n2)cn1. The summed E-state index contributed by atoms with van der Waals surface area (Å²) in [6, 6.07) is 3.70. The van der Waals surface area contributed by atoms with E-state index in [1.807, 2.05) is 42.0 Å². The second-order valence-corrected chi connectivity index (χ2v) is 6.35. The van der Waals surface area contributed by atoms with Gasteiger partial charge >= 0.3 is 0 Å². The predicted octanol–water partition coefficient (Wildman–Crippen LogP) is 2.07. The molecule has 0 N–H and O–H groups in total. The standard InChI is InChI=1S/C17H20N6O/c1-21-11-18-13-6-7-14(20-16(13)21)17(24)23-8-4-3-5-15(23)12-9-19-22(2)10-12/h6-7,9-11,15H,3-5,8H2,1-2H3. The highest BCUT2D eigenvalue weighted by molar-refractivity contribution is 5.94. The number of carbonyl (C=O) groups is 1. The van der Waals surface area contributed by atoms with E-state index in [2.05, 4.69) is 15.1 Å². The maximum Gasteiger partial charge on any atom is 0.273 e. The van der Waals surface area contributed by atoms with Gasteiger partial charge in [0, 0.05) is 32.4 Å². The Labute approximate surface area is 139 Å². The normalized spacial score (nSPS) is 18.2. The minimum atomic E-state index is -0.0216. The molecule has 1 fully saturated rings. The molecule has 1 aliphatic heterocycles. The zero-order chi connectivity index (χ0) is 16.7. The van der Waals surface area contributed by atoms with Crippen molar-refractivity contribution in [2.24, 2.45) is 14.1 Å². The van der Waals surface area contributed by atoms with Crippen LogP contribution in [0.5, 0.6) is 0 Å². The van der Waals surface area contributed by atoms with Crippen LogP contribution in [0.4, 0.5) is 0 Å². The van der Waals surface area contributed by atoms with Crippen molar-refractivity contribution < 1.29 is 4.79 Å². The number of hydrogen-bond acceptors (Lipinski definition) is 4. The van der Waals surface area contributed by atoms with Crippen molar-refractivity contribution in [2.75, 3.05) is 6.54 Å². The number of imidazole rings is 1. The lowest BCUT2D eigenvalue weighted by molar-refractivity contribution is 0.0605. The van der Waals surface area contributed by atoms with Gasteiger partial charge in [0.25, 0.3) is 5.91 Å². The molecule has 0 aromatic carbocycles. The lowest BCUT2D eigenvalue weighted by atomic mass is 9.97. The van der Waals surface area contributed by atoms with Crippen LogP contribution in [0, 0.1) is 0 Å². The van der Waals surface area contributed by atoms with E-state index >= 15 is 0 Å². The lowest BCUT2D eigenvalue weighted by Crippen LogP contribution is -2.38. The van der Waals surface area contributed by atoms with Crippen LogP contribution >= 0.6 is 0 Å². The average Bonchev–Trinajstić information content (AvgIpc) is 3.20. The van der Waals surface area contributed by atoms with Crippen molar-refractivity contribution in [1.82, 2.24) is 29.2 Å². The van der Waals surface area contributed by atoms with Gasteiger partial charge in [-0.25, -0.2) is 9.97 Å². The number of aromatic nitrogens is 5. The van der Waals surface area contributed by atoms with Crippen LogP contribution in [0.3, 0.4) is 0 Å². The smallest absolute Gasteiger partial charge is 0.273 e. The zero-order valence-electron chi connectivity index (χ0n) is 13.9. The molecule has 0 radical (unpaired) electrons. The second kappa shape index (κ2) is 5.74. The van der Waals surface area contributed by atoms with Crippen LogP contribution in [0.1, 0.15) is 41.4 Å². The van der Waals surface area contributed by atoms with Crippen LogP contribution in [0.25, 0.3) is 11.2 Å². The van der Waals surface area contributed by atoms with Gasteiger partial charge in [0.2, 0.25) is 0 Å². The number of likely N-dealkylation sites (tertiary alicyclic amines) is 1. The van der Waals surface area contributed by atoms with Crippen molar-refractivity contribution >= 4 is 17.1 Å². The van der Waals surface area contributed by atoms with E-state index in [0.717, 1.165) is 42.5 Å². The van der Waals surface area contributed by atoms with E-state index < -0.39 is 0 Å². The van der Waals surface area contributed by atoms with Gasteiger partial charge in [-0.1, -0.05) is 0 Å². The van der Waals surface area contributed by atoms with Crippen LogP contribution in [-0.2, 0) is 14.1 Å². The topological polar surface area (TPSA) is 68.8 Å². The van der Waals surface area contributed by atoms with E-state index in [-0.39, 0.29) is 11.9 Å². The third kappa shape index (κ3) is 2.46. The molecule has 3 aromatic rings.